The third kappa shape index (κ3) is 10.0. The molecule has 0 aliphatic carbocycles. The number of benzene rings is 1. The minimum Gasteiger partial charge on any atom is -0.508 e. The van der Waals surface area contributed by atoms with Crippen molar-refractivity contribution in [1.29, 1.82) is 0 Å². The van der Waals surface area contributed by atoms with Gasteiger partial charge in [-0.05, 0) is 48.9 Å². The summed E-state index contributed by atoms with van der Waals surface area (Å²) in [5.41, 5.74) is 1.49. The van der Waals surface area contributed by atoms with Crippen LogP contribution in [-0.4, -0.2) is 48.6 Å². The second-order valence-electron chi connectivity index (χ2n) is 9.62. The van der Waals surface area contributed by atoms with Crippen LogP contribution in [0.25, 0.3) is 0 Å². The summed E-state index contributed by atoms with van der Waals surface area (Å²) in [5.74, 6) is -1.16. The number of sulfone groups is 1. The van der Waals surface area contributed by atoms with Crippen LogP contribution < -0.4 is 0 Å². The maximum atomic E-state index is 13.1. The molecule has 0 bridgehead atoms. The third-order valence-corrected chi connectivity index (χ3v) is 8.55. The van der Waals surface area contributed by atoms with E-state index in [1.165, 1.54) is 6.07 Å². The molecule has 0 aromatic heterocycles. The van der Waals surface area contributed by atoms with Crippen LogP contribution in [0.5, 0.6) is 5.75 Å². The second-order valence-corrected chi connectivity index (χ2v) is 11.9. The minimum absolute atomic E-state index is 0.00616. The van der Waals surface area contributed by atoms with Crippen molar-refractivity contribution < 1.29 is 31.5 Å². The molecule has 1 N–H and O–H groups in total. The van der Waals surface area contributed by atoms with Crippen molar-refractivity contribution >= 4 is 15.7 Å². The number of phenols is 1. The Labute approximate surface area is 208 Å². The zero-order valence-corrected chi connectivity index (χ0v) is 21.6. The average Bonchev–Trinajstić information content (AvgIpc) is 2.79. The highest BCUT2D eigenvalue weighted by atomic mass is 32.2. The first-order valence-corrected chi connectivity index (χ1v) is 14.8. The molecule has 2 rings (SSSR count). The fourth-order valence-corrected chi connectivity index (χ4v) is 6.30. The van der Waals surface area contributed by atoms with Crippen LogP contribution in [0.2, 0.25) is 0 Å². The Bertz CT molecular complexity index is 902. The number of rotatable bonds is 15. The number of phenolic OH excluding ortho intramolecular Hbond substituents is 1. The van der Waals surface area contributed by atoms with Crippen molar-refractivity contribution in [2.45, 2.75) is 103 Å². The van der Waals surface area contributed by atoms with Gasteiger partial charge in [-0.2, -0.15) is 13.2 Å². The third-order valence-electron chi connectivity index (χ3n) is 6.73. The summed E-state index contributed by atoms with van der Waals surface area (Å²) in [6.45, 7) is 2.05. The molecule has 1 heterocycles. The number of hydrogen-bond acceptors (Lipinski definition) is 4. The minimum atomic E-state index is -4.90. The number of aromatic hydroxyl groups is 1. The molecule has 1 aromatic rings. The molecule has 9 heteroatoms. The SMILES string of the molecule is CCCCCS(=O)(=O)CCCCCCCCCCC1c2ccc(O)cc2CCN1C(=O)C(F)(F)F. The van der Waals surface area contributed by atoms with Gasteiger partial charge in [-0.15, -0.1) is 0 Å². The van der Waals surface area contributed by atoms with Gasteiger partial charge in [0, 0.05) is 6.54 Å². The van der Waals surface area contributed by atoms with Crippen LogP contribution >= 0.6 is 0 Å². The molecular weight excluding hydrogens is 479 g/mol. The maximum absolute atomic E-state index is 13.1. The maximum Gasteiger partial charge on any atom is 0.471 e. The van der Waals surface area contributed by atoms with Gasteiger partial charge in [0.2, 0.25) is 0 Å². The normalized spacial score (nSPS) is 16.3. The van der Waals surface area contributed by atoms with Crippen LogP contribution in [0, 0.1) is 0 Å². The van der Waals surface area contributed by atoms with Gasteiger partial charge in [0.15, 0.2) is 0 Å². The van der Waals surface area contributed by atoms with E-state index in [9.17, 15) is 31.5 Å². The van der Waals surface area contributed by atoms with Gasteiger partial charge < -0.3 is 10.0 Å². The number of halogens is 3. The lowest BCUT2D eigenvalue weighted by Gasteiger charge is -2.38. The van der Waals surface area contributed by atoms with Crippen LogP contribution in [0.15, 0.2) is 18.2 Å². The Morgan fingerprint density at radius 2 is 1.54 bits per heavy atom. The van der Waals surface area contributed by atoms with E-state index in [2.05, 4.69) is 6.92 Å². The van der Waals surface area contributed by atoms with Crippen LogP contribution in [0.1, 0.15) is 101 Å². The summed E-state index contributed by atoms with van der Waals surface area (Å²) in [6, 6.07) is 4.04. The van der Waals surface area contributed by atoms with Crippen LogP contribution in [0.3, 0.4) is 0 Å². The topological polar surface area (TPSA) is 74.7 Å². The monoisotopic (exact) mass is 519 g/mol. The second kappa shape index (κ2) is 14.1. The standard InChI is InChI=1S/C26H40F3NO4S/c1-2-3-11-18-35(33,34)19-12-9-7-5-4-6-8-10-13-24-23-15-14-22(31)20-21(23)16-17-30(24)25(32)26(27,28)29/h14-15,20,24,31H,2-13,16-19H2,1H3. The zero-order chi connectivity index (χ0) is 25.9. The smallest absolute Gasteiger partial charge is 0.471 e. The number of fused-ring (bicyclic) bond motifs is 1. The van der Waals surface area contributed by atoms with Crippen molar-refractivity contribution in [2.75, 3.05) is 18.1 Å². The van der Waals surface area contributed by atoms with Crippen LogP contribution in [0.4, 0.5) is 13.2 Å². The average molecular weight is 520 g/mol. The molecule has 5 nitrogen and oxygen atoms in total. The molecule has 1 amide bonds. The Balaban J connectivity index is 1.71. The number of hydrogen-bond donors (Lipinski definition) is 1. The summed E-state index contributed by atoms with van der Waals surface area (Å²) < 4.78 is 63.3. The summed E-state index contributed by atoms with van der Waals surface area (Å²) in [5, 5.41) is 9.72. The van der Waals surface area contributed by atoms with Gasteiger partial charge in [-0.1, -0.05) is 70.8 Å². The zero-order valence-electron chi connectivity index (χ0n) is 20.8. The summed E-state index contributed by atoms with van der Waals surface area (Å²) in [6.07, 6.45) is 5.69. The number of carbonyl (C=O) groups is 1. The predicted octanol–water partition coefficient (Wildman–Crippen LogP) is 6.50. The molecule has 1 unspecified atom stereocenters. The van der Waals surface area contributed by atoms with Gasteiger partial charge in [-0.25, -0.2) is 8.42 Å². The van der Waals surface area contributed by atoms with E-state index in [0.717, 1.165) is 68.3 Å². The van der Waals surface area contributed by atoms with Gasteiger partial charge in [0.25, 0.3) is 0 Å². The van der Waals surface area contributed by atoms with E-state index in [4.69, 9.17) is 0 Å². The quantitative estimate of drug-likeness (QED) is 0.269. The summed E-state index contributed by atoms with van der Waals surface area (Å²) in [7, 11) is -2.93. The number of alkyl halides is 3. The summed E-state index contributed by atoms with van der Waals surface area (Å²) >= 11 is 0. The lowest BCUT2D eigenvalue weighted by molar-refractivity contribution is -0.188. The van der Waals surface area contributed by atoms with Crippen molar-refractivity contribution in [3.05, 3.63) is 29.3 Å². The van der Waals surface area contributed by atoms with E-state index >= 15 is 0 Å². The van der Waals surface area contributed by atoms with Crippen molar-refractivity contribution in [1.82, 2.24) is 4.90 Å². The Kier molecular flexibility index (Phi) is 11.9. The van der Waals surface area contributed by atoms with Crippen molar-refractivity contribution in [2.24, 2.45) is 0 Å². The molecule has 1 atom stereocenters. The summed E-state index contributed by atoms with van der Waals surface area (Å²) in [4.78, 5) is 12.9. The number of amides is 1. The Hall–Kier alpha value is -1.77. The van der Waals surface area contributed by atoms with Gasteiger partial charge in [-0.3, -0.25) is 4.79 Å². The van der Waals surface area contributed by atoms with E-state index in [0.29, 0.717) is 37.0 Å². The molecule has 1 aliphatic heterocycles. The molecule has 0 saturated carbocycles. The Morgan fingerprint density at radius 1 is 0.971 bits per heavy atom. The molecule has 0 radical (unpaired) electrons. The number of nitrogens with zero attached hydrogens (tertiary/aromatic N) is 1. The molecule has 0 fully saturated rings. The number of carbonyl (C=O) groups excluding carboxylic acids is 1. The van der Waals surface area contributed by atoms with E-state index in [1.54, 1.807) is 12.1 Å². The molecule has 0 spiro atoms. The van der Waals surface area contributed by atoms with Crippen molar-refractivity contribution in [3.63, 3.8) is 0 Å². The molecule has 1 aromatic carbocycles. The molecule has 35 heavy (non-hydrogen) atoms. The fraction of sp³-hybridized carbons (Fsp3) is 0.731. The first-order valence-electron chi connectivity index (χ1n) is 12.9. The highest BCUT2D eigenvalue weighted by molar-refractivity contribution is 7.91. The largest absolute Gasteiger partial charge is 0.508 e. The molecule has 200 valence electrons. The van der Waals surface area contributed by atoms with Gasteiger partial charge in [0.1, 0.15) is 15.6 Å². The molecule has 0 saturated heterocycles. The highest BCUT2D eigenvalue weighted by Crippen LogP contribution is 2.37. The number of unbranched alkanes of at least 4 members (excludes halogenated alkanes) is 9. The first kappa shape index (κ1) is 29.5. The predicted molar refractivity (Wildman–Crippen MR) is 132 cm³/mol. The Morgan fingerprint density at radius 3 is 2.14 bits per heavy atom. The van der Waals surface area contributed by atoms with Gasteiger partial charge >= 0.3 is 12.1 Å². The lowest BCUT2D eigenvalue weighted by Crippen LogP contribution is -2.46. The highest BCUT2D eigenvalue weighted by Gasteiger charge is 2.46. The van der Waals surface area contributed by atoms with Gasteiger partial charge in [0.05, 0.1) is 17.5 Å². The van der Waals surface area contributed by atoms with E-state index < -0.39 is 28.0 Å². The first-order chi connectivity index (χ1) is 16.5. The van der Waals surface area contributed by atoms with E-state index in [-0.39, 0.29) is 18.0 Å². The molecular formula is C26H40F3NO4S. The van der Waals surface area contributed by atoms with Crippen LogP contribution in [-0.2, 0) is 21.1 Å². The lowest BCUT2D eigenvalue weighted by atomic mass is 9.89. The van der Waals surface area contributed by atoms with Crippen molar-refractivity contribution in [3.8, 4) is 5.75 Å². The molecule has 1 aliphatic rings. The fourth-order valence-electron chi connectivity index (χ4n) is 4.81. The van der Waals surface area contributed by atoms with E-state index in [1.807, 2.05) is 0 Å².